The van der Waals surface area contributed by atoms with Crippen LogP contribution in [0.3, 0.4) is 0 Å². The summed E-state index contributed by atoms with van der Waals surface area (Å²) in [6, 6.07) is 0. The molecule has 1 N–H and O–H groups in total. The van der Waals surface area contributed by atoms with Crippen molar-refractivity contribution >= 4 is 11.6 Å². The molecule has 0 spiro atoms. The summed E-state index contributed by atoms with van der Waals surface area (Å²) in [5.74, 6) is -0.220. The van der Waals surface area contributed by atoms with Crippen LogP contribution in [0.4, 0.5) is 5.69 Å². The largest absolute Gasteiger partial charge is 0.373 e. The van der Waals surface area contributed by atoms with Crippen LogP contribution < -0.4 is 5.32 Å². The average molecular weight is 303 g/mol. The van der Waals surface area contributed by atoms with E-state index in [-0.39, 0.29) is 17.9 Å². The first-order valence-corrected chi connectivity index (χ1v) is 7.68. The standard InChI is InChI=1S/C15H21N5O2/c1-3-19-9-11(7-16-19)14-13(5-6-22-14)15(21)18-12-8-17-20(4-2)10-12/h7-10,13-14H,3-6H2,1-2H3,(H,18,21)/t13-,14+/m0/s1. The minimum Gasteiger partial charge on any atom is -0.373 e. The lowest BCUT2D eigenvalue weighted by Crippen LogP contribution is -2.25. The predicted molar refractivity (Wildman–Crippen MR) is 81.2 cm³/mol. The van der Waals surface area contributed by atoms with E-state index in [4.69, 9.17) is 4.74 Å². The van der Waals surface area contributed by atoms with Gasteiger partial charge in [-0.05, 0) is 20.3 Å². The van der Waals surface area contributed by atoms with Gasteiger partial charge in [0.1, 0.15) is 0 Å². The molecule has 0 bridgehead atoms. The number of hydrogen-bond acceptors (Lipinski definition) is 4. The molecule has 7 nitrogen and oxygen atoms in total. The van der Waals surface area contributed by atoms with E-state index < -0.39 is 0 Å². The summed E-state index contributed by atoms with van der Waals surface area (Å²) < 4.78 is 9.39. The highest BCUT2D eigenvalue weighted by atomic mass is 16.5. The normalized spacial score (nSPS) is 21.2. The fourth-order valence-corrected chi connectivity index (χ4v) is 2.72. The molecule has 0 aromatic carbocycles. The van der Waals surface area contributed by atoms with Crippen molar-refractivity contribution in [2.45, 2.75) is 39.5 Å². The van der Waals surface area contributed by atoms with Gasteiger partial charge >= 0.3 is 0 Å². The summed E-state index contributed by atoms with van der Waals surface area (Å²) in [6.45, 7) is 6.21. The van der Waals surface area contributed by atoms with Crippen LogP contribution in [0.2, 0.25) is 0 Å². The van der Waals surface area contributed by atoms with Gasteiger partial charge in [-0.1, -0.05) is 0 Å². The maximum absolute atomic E-state index is 12.5. The van der Waals surface area contributed by atoms with E-state index in [1.807, 2.05) is 30.9 Å². The van der Waals surface area contributed by atoms with Crippen LogP contribution in [0.25, 0.3) is 0 Å². The molecular weight excluding hydrogens is 282 g/mol. The van der Waals surface area contributed by atoms with Gasteiger partial charge in [0, 0.05) is 37.7 Å². The van der Waals surface area contributed by atoms with E-state index in [1.165, 1.54) is 0 Å². The number of aromatic nitrogens is 4. The minimum atomic E-state index is -0.221. The highest BCUT2D eigenvalue weighted by molar-refractivity contribution is 5.92. The number of nitrogens with one attached hydrogen (secondary N) is 1. The predicted octanol–water partition coefficient (Wildman–Crippen LogP) is 1.84. The molecule has 0 unspecified atom stereocenters. The molecule has 0 saturated carbocycles. The van der Waals surface area contributed by atoms with Gasteiger partial charge in [0.2, 0.25) is 5.91 Å². The summed E-state index contributed by atoms with van der Waals surface area (Å²) in [5.41, 5.74) is 1.69. The highest BCUT2D eigenvalue weighted by Crippen LogP contribution is 2.35. The van der Waals surface area contributed by atoms with E-state index in [1.54, 1.807) is 17.1 Å². The summed E-state index contributed by atoms with van der Waals surface area (Å²) >= 11 is 0. The average Bonchev–Trinajstić information content (AvgIpc) is 3.26. The van der Waals surface area contributed by atoms with Gasteiger partial charge in [0.15, 0.2) is 0 Å². The van der Waals surface area contributed by atoms with Crippen molar-refractivity contribution in [1.82, 2.24) is 19.6 Å². The first-order chi connectivity index (χ1) is 10.7. The number of nitrogens with zero attached hydrogens (tertiary/aromatic N) is 4. The highest BCUT2D eigenvalue weighted by Gasteiger charge is 2.36. The van der Waals surface area contributed by atoms with Crippen LogP contribution in [0.5, 0.6) is 0 Å². The summed E-state index contributed by atoms with van der Waals surface area (Å²) in [5, 5.41) is 11.4. The van der Waals surface area contributed by atoms with Crippen molar-refractivity contribution in [2.75, 3.05) is 11.9 Å². The maximum atomic E-state index is 12.5. The van der Waals surface area contributed by atoms with E-state index >= 15 is 0 Å². The van der Waals surface area contributed by atoms with E-state index in [2.05, 4.69) is 15.5 Å². The fourth-order valence-electron chi connectivity index (χ4n) is 2.72. The van der Waals surface area contributed by atoms with E-state index in [0.29, 0.717) is 6.61 Å². The Labute approximate surface area is 129 Å². The lowest BCUT2D eigenvalue weighted by molar-refractivity contribution is -0.121. The summed E-state index contributed by atoms with van der Waals surface area (Å²) in [4.78, 5) is 12.5. The number of amides is 1. The van der Waals surface area contributed by atoms with Crippen molar-refractivity contribution in [3.63, 3.8) is 0 Å². The molecule has 1 amide bonds. The third kappa shape index (κ3) is 2.89. The first kappa shape index (κ1) is 14.8. The zero-order valence-electron chi connectivity index (χ0n) is 12.9. The maximum Gasteiger partial charge on any atom is 0.230 e. The molecule has 1 saturated heterocycles. The van der Waals surface area contributed by atoms with Gasteiger partial charge < -0.3 is 10.1 Å². The third-order valence-corrected chi connectivity index (χ3v) is 3.96. The molecular formula is C15H21N5O2. The number of carbonyl (C=O) groups excluding carboxylic acids is 1. The molecule has 2 atom stereocenters. The molecule has 7 heteroatoms. The summed E-state index contributed by atoms with van der Waals surface area (Å²) in [6.07, 6.45) is 7.73. The number of carbonyl (C=O) groups is 1. The fraction of sp³-hybridized carbons (Fsp3) is 0.533. The van der Waals surface area contributed by atoms with Crippen LogP contribution in [0.1, 0.15) is 31.9 Å². The Bertz CT molecular complexity index is 648. The Kier molecular flexibility index (Phi) is 4.24. The molecule has 118 valence electrons. The van der Waals surface area contributed by atoms with Gasteiger partial charge in [-0.25, -0.2) is 0 Å². The second-order valence-electron chi connectivity index (χ2n) is 5.39. The molecule has 0 aliphatic carbocycles. The zero-order valence-corrected chi connectivity index (χ0v) is 12.9. The molecule has 0 radical (unpaired) electrons. The van der Waals surface area contributed by atoms with Crippen molar-refractivity contribution in [3.8, 4) is 0 Å². The van der Waals surface area contributed by atoms with E-state index in [9.17, 15) is 4.79 Å². The van der Waals surface area contributed by atoms with Crippen LogP contribution >= 0.6 is 0 Å². The number of ether oxygens (including phenoxy) is 1. The Balaban J connectivity index is 1.70. The Morgan fingerprint density at radius 2 is 2.00 bits per heavy atom. The minimum absolute atomic E-state index is 0.0256. The topological polar surface area (TPSA) is 74.0 Å². The van der Waals surface area contributed by atoms with E-state index in [0.717, 1.165) is 30.8 Å². The Morgan fingerprint density at radius 3 is 2.68 bits per heavy atom. The van der Waals surface area contributed by atoms with Gasteiger partial charge in [0.05, 0.1) is 30.1 Å². The van der Waals surface area contributed by atoms with Crippen LogP contribution in [0.15, 0.2) is 24.8 Å². The molecule has 2 aromatic rings. The quantitative estimate of drug-likeness (QED) is 0.914. The number of aryl methyl sites for hydroxylation is 2. The third-order valence-electron chi connectivity index (χ3n) is 3.96. The van der Waals surface area contributed by atoms with Gasteiger partial charge in [0.25, 0.3) is 0 Å². The smallest absolute Gasteiger partial charge is 0.230 e. The van der Waals surface area contributed by atoms with Gasteiger partial charge in [-0.2, -0.15) is 10.2 Å². The second-order valence-corrected chi connectivity index (χ2v) is 5.39. The molecule has 1 aliphatic heterocycles. The molecule has 2 aromatic heterocycles. The molecule has 22 heavy (non-hydrogen) atoms. The number of anilines is 1. The van der Waals surface area contributed by atoms with Crippen LogP contribution in [-0.4, -0.2) is 32.1 Å². The number of rotatable bonds is 5. The Morgan fingerprint density at radius 1 is 1.27 bits per heavy atom. The van der Waals surface area contributed by atoms with Crippen molar-refractivity contribution in [3.05, 3.63) is 30.4 Å². The SMILES string of the molecule is CCn1cc(NC(=O)[C@H]2CCO[C@@H]2c2cnn(CC)c2)cn1. The first-order valence-electron chi connectivity index (χ1n) is 7.68. The monoisotopic (exact) mass is 303 g/mol. The second kappa shape index (κ2) is 6.31. The van der Waals surface area contributed by atoms with Crippen molar-refractivity contribution < 1.29 is 9.53 Å². The van der Waals surface area contributed by atoms with Gasteiger partial charge in [-0.15, -0.1) is 0 Å². The van der Waals surface area contributed by atoms with Crippen LogP contribution in [0, 0.1) is 5.92 Å². The Hall–Kier alpha value is -2.15. The molecule has 3 rings (SSSR count). The molecule has 1 fully saturated rings. The van der Waals surface area contributed by atoms with Gasteiger partial charge in [-0.3, -0.25) is 14.2 Å². The molecule has 3 heterocycles. The zero-order chi connectivity index (χ0) is 15.5. The lowest BCUT2D eigenvalue weighted by Gasteiger charge is -2.16. The van der Waals surface area contributed by atoms with Crippen molar-refractivity contribution in [2.24, 2.45) is 5.92 Å². The van der Waals surface area contributed by atoms with Crippen LogP contribution in [-0.2, 0) is 22.6 Å². The number of hydrogen-bond donors (Lipinski definition) is 1. The summed E-state index contributed by atoms with van der Waals surface area (Å²) in [7, 11) is 0. The molecule has 1 aliphatic rings. The lowest BCUT2D eigenvalue weighted by atomic mass is 9.96. The van der Waals surface area contributed by atoms with Crippen molar-refractivity contribution in [1.29, 1.82) is 0 Å².